The van der Waals surface area contributed by atoms with Gasteiger partial charge in [0.25, 0.3) is 0 Å². The zero-order valence-electron chi connectivity index (χ0n) is 14.6. The van der Waals surface area contributed by atoms with Crippen LogP contribution in [-0.2, 0) is 24.7 Å². The van der Waals surface area contributed by atoms with Gasteiger partial charge >= 0.3 is 0 Å². The minimum absolute atomic E-state index is 0.194. The molecule has 2 bridgehead atoms. The zero-order valence-corrected chi connectivity index (χ0v) is 16.9. The van der Waals surface area contributed by atoms with Gasteiger partial charge < -0.3 is 4.90 Å². The molecule has 2 heterocycles. The Labute approximate surface area is 162 Å². The molecule has 0 aromatic heterocycles. The molecule has 2 fully saturated rings. The lowest BCUT2D eigenvalue weighted by molar-refractivity contribution is -0.134. The zero-order chi connectivity index (χ0) is 20.0. The number of rotatable bonds is 5. The highest BCUT2D eigenvalue weighted by molar-refractivity contribution is 7.91. The summed E-state index contributed by atoms with van der Waals surface area (Å²) in [6.07, 6.45) is 3.38. The average molecular weight is 439 g/mol. The molecule has 2 unspecified atom stereocenters. The van der Waals surface area contributed by atoms with Gasteiger partial charge in [0.05, 0.1) is 21.7 Å². The first-order chi connectivity index (χ1) is 12.5. The molecule has 2 aliphatic heterocycles. The van der Waals surface area contributed by atoms with Crippen molar-refractivity contribution in [3.63, 3.8) is 0 Å². The van der Waals surface area contributed by atoms with Crippen molar-refractivity contribution in [2.24, 2.45) is 0 Å². The quantitative estimate of drug-likeness (QED) is 0.747. The van der Waals surface area contributed by atoms with Crippen LogP contribution in [0.15, 0.2) is 23.1 Å². The highest BCUT2D eigenvalue weighted by atomic mass is 35.5. The Bertz CT molecular complexity index is 953. The molecule has 150 valence electrons. The van der Waals surface area contributed by atoms with E-state index in [-0.39, 0.29) is 22.0 Å². The van der Waals surface area contributed by atoms with E-state index in [0.29, 0.717) is 25.7 Å². The van der Waals surface area contributed by atoms with E-state index < -0.39 is 43.4 Å². The van der Waals surface area contributed by atoms with Gasteiger partial charge in [0.1, 0.15) is 15.7 Å². The number of carbonyl (C=O) groups excluding carboxylic acids is 1. The largest absolute Gasteiger partial charge is 0.336 e. The van der Waals surface area contributed by atoms with Gasteiger partial charge in [0.2, 0.25) is 15.9 Å². The van der Waals surface area contributed by atoms with Crippen molar-refractivity contribution in [1.29, 1.82) is 0 Å². The number of sulfonamides is 1. The topological polar surface area (TPSA) is 101 Å². The summed E-state index contributed by atoms with van der Waals surface area (Å²) in [7, 11) is -7.20. The van der Waals surface area contributed by atoms with Crippen molar-refractivity contribution in [2.75, 3.05) is 12.8 Å². The second-order valence-corrected chi connectivity index (χ2v) is 11.5. The fourth-order valence-electron chi connectivity index (χ4n) is 3.86. The second kappa shape index (κ2) is 7.31. The average Bonchev–Trinajstić information content (AvgIpc) is 2.83. The Morgan fingerprint density at radius 1 is 1.22 bits per heavy atom. The number of halogens is 2. The number of fused-ring (bicyclic) bond motifs is 2. The van der Waals surface area contributed by atoms with Gasteiger partial charge in [0, 0.05) is 18.3 Å². The lowest BCUT2D eigenvalue weighted by Crippen LogP contribution is -2.52. The van der Waals surface area contributed by atoms with Crippen LogP contribution < -0.4 is 4.72 Å². The minimum atomic E-state index is -4.03. The summed E-state index contributed by atoms with van der Waals surface area (Å²) in [4.78, 5) is 14.0. The molecule has 0 saturated carbocycles. The lowest BCUT2D eigenvalue weighted by Gasteiger charge is -2.38. The Hall–Kier alpha value is -1.23. The Morgan fingerprint density at radius 2 is 1.81 bits per heavy atom. The van der Waals surface area contributed by atoms with Gasteiger partial charge in [-0.15, -0.1) is 0 Å². The van der Waals surface area contributed by atoms with Gasteiger partial charge in [-0.3, -0.25) is 4.79 Å². The standard InChI is InChI=1S/C16H20ClFN2O5S2/c1-26(22,23)13-6-10-2-3-11(7-13)20(10)16(21)9-19-27(24,25)12-4-5-15(18)14(17)8-12/h4-5,8,10-11,13,19H,2-3,6-7,9H2,1H3. The second-order valence-electron chi connectivity index (χ2n) is 7.01. The summed E-state index contributed by atoms with van der Waals surface area (Å²) in [6, 6.07) is 2.59. The first kappa shape index (κ1) is 20.5. The van der Waals surface area contributed by atoms with Crippen molar-refractivity contribution >= 4 is 37.4 Å². The summed E-state index contributed by atoms with van der Waals surface area (Å²) in [5.41, 5.74) is 0. The van der Waals surface area contributed by atoms with Gasteiger partial charge in [-0.2, -0.15) is 0 Å². The molecule has 0 spiro atoms. The number of hydrogen-bond acceptors (Lipinski definition) is 5. The smallest absolute Gasteiger partial charge is 0.241 e. The Balaban J connectivity index is 1.67. The number of sulfone groups is 1. The number of nitrogens with zero attached hydrogens (tertiary/aromatic N) is 1. The van der Waals surface area contributed by atoms with Gasteiger partial charge in [-0.05, 0) is 43.9 Å². The van der Waals surface area contributed by atoms with E-state index in [4.69, 9.17) is 11.6 Å². The van der Waals surface area contributed by atoms with Crippen molar-refractivity contribution in [1.82, 2.24) is 9.62 Å². The van der Waals surface area contributed by atoms with Crippen molar-refractivity contribution in [3.05, 3.63) is 29.0 Å². The van der Waals surface area contributed by atoms with Crippen LogP contribution in [0.25, 0.3) is 0 Å². The summed E-state index contributed by atoms with van der Waals surface area (Å²) in [5.74, 6) is -1.14. The van der Waals surface area contributed by atoms with Crippen molar-refractivity contribution in [3.8, 4) is 0 Å². The maximum atomic E-state index is 13.2. The normalized spacial score (nSPS) is 25.6. The van der Waals surface area contributed by atoms with E-state index in [1.54, 1.807) is 4.90 Å². The highest BCUT2D eigenvalue weighted by Crippen LogP contribution is 2.38. The summed E-state index contributed by atoms with van der Waals surface area (Å²) in [6.45, 7) is -0.451. The highest BCUT2D eigenvalue weighted by Gasteiger charge is 2.45. The monoisotopic (exact) mass is 438 g/mol. The molecule has 2 aliphatic rings. The molecular weight excluding hydrogens is 419 g/mol. The number of piperidine rings is 1. The van der Waals surface area contributed by atoms with Crippen LogP contribution in [0.5, 0.6) is 0 Å². The molecule has 0 aliphatic carbocycles. The molecule has 1 aromatic rings. The molecule has 2 atom stereocenters. The van der Waals surface area contributed by atoms with Crippen LogP contribution in [0.3, 0.4) is 0 Å². The van der Waals surface area contributed by atoms with Crippen LogP contribution in [0.1, 0.15) is 25.7 Å². The van der Waals surface area contributed by atoms with Crippen molar-refractivity contribution in [2.45, 2.75) is 47.9 Å². The molecule has 27 heavy (non-hydrogen) atoms. The van der Waals surface area contributed by atoms with Crippen LogP contribution in [0, 0.1) is 5.82 Å². The Morgan fingerprint density at radius 3 is 2.33 bits per heavy atom. The predicted octanol–water partition coefficient (Wildman–Crippen LogP) is 1.32. The SMILES string of the molecule is CS(=O)(=O)C1CC2CCC(C1)N2C(=O)CNS(=O)(=O)c1ccc(F)c(Cl)c1. The molecule has 0 radical (unpaired) electrons. The molecule has 11 heteroatoms. The molecule has 1 aromatic carbocycles. The van der Waals surface area contributed by atoms with E-state index in [1.165, 1.54) is 6.26 Å². The fourth-order valence-corrected chi connectivity index (χ4v) is 6.25. The van der Waals surface area contributed by atoms with E-state index in [0.717, 1.165) is 18.2 Å². The van der Waals surface area contributed by atoms with E-state index in [2.05, 4.69) is 4.72 Å². The number of hydrogen-bond donors (Lipinski definition) is 1. The van der Waals surface area contributed by atoms with Gasteiger partial charge in [-0.25, -0.2) is 25.9 Å². The third kappa shape index (κ3) is 4.28. The summed E-state index contributed by atoms with van der Waals surface area (Å²) < 4.78 is 63.6. The first-order valence-electron chi connectivity index (χ1n) is 8.44. The number of amides is 1. The maximum absolute atomic E-state index is 13.2. The maximum Gasteiger partial charge on any atom is 0.241 e. The molecule has 2 saturated heterocycles. The fraction of sp³-hybridized carbons (Fsp3) is 0.562. The minimum Gasteiger partial charge on any atom is -0.336 e. The number of benzene rings is 1. The molecular formula is C16H20ClFN2O5S2. The Kier molecular flexibility index (Phi) is 5.55. The number of carbonyl (C=O) groups is 1. The van der Waals surface area contributed by atoms with Crippen LogP contribution in [0.4, 0.5) is 4.39 Å². The van der Waals surface area contributed by atoms with Crippen LogP contribution in [-0.4, -0.2) is 57.8 Å². The molecule has 1 amide bonds. The van der Waals surface area contributed by atoms with E-state index in [9.17, 15) is 26.0 Å². The molecule has 1 N–H and O–H groups in total. The van der Waals surface area contributed by atoms with Crippen LogP contribution >= 0.6 is 11.6 Å². The summed E-state index contributed by atoms with van der Waals surface area (Å²) in [5, 5.41) is -0.790. The molecule has 3 rings (SSSR count). The van der Waals surface area contributed by atoms with Crippen LogP contribution in [0.2, 0.25) is 5.02 Å². The molecule has 7 nitrogen and oxygen atoms in total. The van der Waals surface area contributed by atoms with E-state index >= 15 is 0 Å². The third-order valence-corrected chi connectivity index (χ3v) is 8.48. The lowest BCUT2D eigenvalue weighted by atomic mass is 10.0. The third-order valence-electron chi connectivity index (χ3n) is 5.20. The van der Waals surface area contributed by atoms with Crippen molar-refractivity contribution < 1.29 is 26.0 Å². The first-order valence-corrected chi connectivity index (χ1v) is 12.3. The van der Waals surface area contributed by atoms with Gasteiger partial charge in [0.15, 0.2) is 0 Å². The number of nitrogens with one attached hydrogen (secondary N) is 1. The van der Waals surface area contributed by atoms with Gasteiger partial charge in [-0.1, -0.05) is 11.6 Å². The summed E-state index contributed by atoms with van der Waals surface area (Å²) >= 11 is 5.61. The predicted molar refractivity (Wildman–Crippen MR) is 98.1 cm³/mol. The van der Waals surface area contributed by atoms with E-state index in [1.807, 2.05) is 0 Å².